The van der Waals surface area contributed by atoms with Crippen molar-refractivity contribution in [2.45, 2.75) is 70.1 Å². The van der Waals surface area contributed by atoms with Crippen LogP contribution in [-0.4, -0.2) is 66.1 Å². The van der Waals surface area contributed by atoms with Crippen LogP contribution in [0, 0.1) is 0 Å². The van der Waals surface area contributed by atoms with Crippen molar-refractivity contribution < 1.29 is 19.1 Å². The molecule has 1 aliphatic carbocycles. The number of rotatable bonds is 10. The van der Waals surface area contributed by atoms with Crippen LogP contribution in [0.3, 0.4) is 0 Å². The molecule has 13 nitrogen and oxygen atoms in total. The molecule has 1 amide bonds. The van der Waals surface area contributed by atoms with Crippen LogP contribution in [0.25, 0.3) is 11.0 Å². The molecule has 13 heteroatoms. The largest absolute Gasteiger partial charge is 0.368 e. The molecule has 0 bridgehead atoms. The monoisotopic (exact) mass is 559 g/mol. The lowest BCUT2D eigenvalue weighted by Gasteiger charge is -2.29. The van der Waals surface area contributed by atoms with Gasteiger partial charge in [0.15, 0.2) is 6.29 Å². The second-order valence-corrected chi connectivity index (χ2v) is 11.3. The minimum atomic E-state index is -0.483. The molecule has 0 radical (unpaired) electrons. The van der Waals surface area contributed by atoms with Crippen molar-refractivity contribution in [2.75, 3.05) is 24.3 Å². The van der Waals surface area contributed by atoms with Crippen LogP contribution < -0.4 is 11.1 Å². The SMILES string of the molecule is CC(C)(COC1CCCCO1)c1c[nH]c2nc(N)nc(C(=O)c3ccc(NC(=O)Cn4cc(C5CC5)nn4)nc3)c12. The van der Waals surface area contributed by atoms with E-state index in [0.717, 1.165) is 43.4 Å². The number of anilines is 2. The first kappa shape index (κ1) is 27.0. The summed E-state index contributed by atoms with van der Waals surface area (Å²) >= 11 is 0. The van der Waals surface area contributed by atoms with E-state index in [4.69, 9.17) is 15.2 Å². The van der Waals surface area contributed by atoms with Crippen molar-refractivity contribution in [1.29, 1.82) is 0 Å². The molecule has 5 heterocycles. The average Bonchev–Trinajstić information content (AvgIpc) is 3.56. The van der Waals surface area contributed by atoms with Gasteiger partial charge in [-0.25, -0.2) is 14.6 Å². The Morgan fingerprint density at radius 3 is 2.80 bits per heavy atom. The zero-order valence-corrected chi connectivity index (χ0v) is 23.1. The van der Waals surface area contributed by atoms with Gasteiger partial charge in [-0.05, 0) is 49.8 Å². The number of ketones is 1. The topological polar surface area (TPSA) is 176 Å². The Hall–Kier alpha value is -4.23. The summed E-state index contributed by atoms with van der Waals surface area (Å²) < 4.78 is 13.3. The molecule has 0 spiro atoms. The predicted octanol–water partition coefficient (Wildman–Crippen LogP) is 3.09. The zero-order valence-electron chi connectivity index (χ0n) is 23.1. The molecule has 0 aromatic carbocycles. The molecular formula is C28H33N9O4. The van der Waals surface area contributed by atoms with Crippen molar-refractivity contribution >= 4 is 34.5 Å². The quantitative estimate of drug-likeness (QED) is 0.245. The first-order valence-corrected chi connectivity index (χ1v) is 13.9. The fourth-order valence-corrected chi connectivity index (χ4v) is 5.00. The minimum Gasteiger partial charge on any atom is -0.368 e. The van der Waals surface area contributed by atoms with E-state index in [0.29, 0.717) is 41.5 Å². The molecule has 1 atom stereocenters. The summed E-state index contributed by atoms with van der Waals surface area (Å²) in [7, 11) is 0. The van der Waals surface area contributed by atoms with E-state index in [1.165, 1.54) is 10.9 Å². The van der Waals surface area contributed by atoms with E-state index < -0.39 is 5.41 Å². The van der Waals surface area contributed by atoms with Crippen molar-refractivity contribution in [3.63, 3.8) is 0 Å². The molecule has 1 saturated carbocycles. The highest BCUT2D eigenvalue weighted by Crippen LogP contribution is 2.38. The maximum Gasteiger partial charge on any atom is 0.247 e. The molecule has 1 aliphatic heterocycles. The van der Waals surface area contributed by atoms with Gasteiger partial charge in [0.25, 0.3) is 0 Å². The minimum absolute atomic E-state index is 0.0168. The van der Waals surface area contributed by atoms with Crippen LogP contribution in [0.2, 0.25) is 0 Å². The lowest BCUT2D eigenvalue weighted by molar-refractivity contribution is -0.169. The number of nitrogens with zero attached hydrogens (tertiary/aromatic N) is 6. The van der Waals surface area contributed by atoms with Gasteiger partial charge >= 0.3 is 0 Å². The molecule has 214 valence electrons. The van der Waals surface area contributed by atoms with Gasteiger partial charge in [-0.2, -0.15) is 4.98 Å². The molecule has 1 saturated heterocycles. The number of hydrogen-bond donors (Lipinski definition) is 3. The van der Waals surface area contributed by atoms with Crippen LogP contribution in [0.1, 0.15) is 79.2 Å². The number of ether oxygens (including phenoxy) is 2. The van der Waals surface area contributed by atoms with Gasteiger partial charge in [0, 0.05) is 42.1 Å². The number of pyridine rings is 1. The predicted molar refractivity (Wildman–Crippen MR) is 149 cm³/mol. The van der Waals surface area contributed by atoms with E-state index in [-0.39, 0.29) is 36.2 Å². The number of H-pyrrole nitrogens is 1. The van der Waals surface area contributed by atoms with Crippen LogP contribution in [0.15, 0.2) is 30.7 Å². The standard InChI is InChI=1S/C28H33N9O4/c1-28(2,15-41-22-5-3-4-10-40-22)18-12-31-26-23(18)24(33-27(29)34-26)25(39)17-8-9-20(30-11-17)32-21(38)14-37-13-19(35-36-37)16-6-7-16/h8-9,11-13,16,22H,3-7,10,14-15H2,1-2H3,(H,30,32,38)(H3,29,31,33,34). The van der Waals surface area contributed by atoms with E-state index in [9.17, 15) is 9.59 Å². The fraction of sp³-hybridized carbons (Fsp3) is 0.464. The first-order chi connectivity index (χ1) is 19.8. The maximum absolute atomic E-state index is 13.7. The van der Waals surface area contributed by atoms with Gasteiger partial charge in [0.2, 0.25) is 17.6 Å². The third-order valence-corrected chi connectivity index (χ3v) is 7.41. The number of nitrogen functional groups attached to an aromatic ring is 1. The van der Waals surface area contributed by atoms with Gasteiger partial charge in [-0.1, -0.05) is 19.1 Å². The Labute approximate surface area is 236 Å². The van der Waals surface area contributed by atoms with Gasteiger partial charge in [0.1, 0.15) is 23.7 Å². The summed E-state index contributed by atoms with van der Waals surface area (Å²) in [5.41, 5.74) is 8.16. The Morgan fingerprint density at radius 2 is 2.07 bits per heavy atom. The van der Waals surface area contributed by atoms with Crippen molar-refractivity contribution in [3.8, 4) is 0 Å². The smallest absolute Gasteiger partial charge is 0.247 e. The van der Waals surface area contributed by atoms with Gasteiger partial charge in [-0.3, -0.25) is 9.59 Å². The highest BCUT2D eigenvalue weighted by atomic mass is 16.7. The van der Waals surface area contributed by atoms with E-state index in [1.807, 2.05) is 20.0 Å². The number of amides is 1. The Kier molecular flexibility index (Phi) is 7.22. The second kappa shape index (κ2) is 11.0. The summed E-state index contributed by atoms with van der Waals surface area (Å²) in [6.45, 7) is 5.17. The summed E-state index contributed by atoms with van der Waals surface area (Å²) in [6.07, 6.45) is 9.99. The third kappa shape index (κ3) is 5.95. The van der Waals surface area contributed by atoms with E-state index in [2.05, 4.69) is 35.6 Å². The lowest BCUT2D eigenvalue weighted by Crippen LogP contribution is -2.31. The van der Waals surface area contributed by atoms with Crippen molar-refractivity contribution in [3.05, 3.63) is 53.2 Å². The van der Waals surface area contributed by atoms with E-state index >= 15 is 0 Å². The lowest BCUT2D eigenvalue weighted by atomic mass is 9.84. The number of nitrogens with two attached hydrogens (primary N) is 1. The number of carbonyl (C=O) groups excluding carboxylic acids is 2. The molecule has 2 aliphatic rings. The zero-order chi connectivity index (χ0) is 28.6. The fourth-order valence-electron chi connectivity index (χ4n) is 5.00. The second-order valence-electron chi connectivity index (χ2n) is 11.3. The van der Waals surface area contributed by atoms with Gasteiger partial charge < -0.3 is 25.5 Å². The Morgan fingerprint density at radius 1 is 1.22 bits per heavy atom. The molecule has 4 N–H and O–H groups in total. The van der Waals surface area contributed by atoms with Crippen LogP contribution in [0.4, 0.5) is 11.8 Å². The number of hydrogen-bond acceptors (Lipinski definition) is 10. The summed E-state index contributed by atoms with van der Waals surface area (Å²) in [6, 6.07) is 3.17. The maximum atomic E-state index is 13.7. The molecule has 4 aromatic heterocycles. The molecule has 4 aromatic rings. The normalized spacial score (nSPS) is 17.6. The number of fused-ring (bicyclic) bond motifs is 1. The number of aromatic amines is 1. The summed E-state index contributed by atoms with van der Waals surface area (Å²) in [4.78, 5) is 42.2. The van der Waals surface area contributed by atoms with Crippen molar-refractivity contribution in [1.82, 2.24) is 34.9 Å². The average molecular weight is 560 g/mol. The molecule has 2 fully saturated rings. The number of aromatic nitrogens is 7. The van der Waals surface area contributed by atoms with E-state index in [1.54, 1.807) is 18.3 Å². The van der Waals surface area contributed by atoms with Crippen LogP contribution >= 0.6 is 0 Å². The Balaban J connectivity index is 1.18. The Bertz CT molecular complexity index is 1570. The van der Waals surface area contributed by atoms with Crippen LogP contribution in [0.5, 0.6) is 0 Å². The number of nitrogens with one attached hydrogen (secondary N) is 2. The summed E-state index contributed by atoms with van der Waals surface area (Å²) in [5.74, 6) is 0.0932. The number of carbonyl (C=O) groups is 2. The molecule has 6 rings (SSSR count). The highest BCUT2D eigenvalue weighted by molar-refractivity contribution is 6.15. The van der Waals surface area contributed by atoms with Gasteiger partial charge in [0.05, 0.1) is 17.7 Å². The third-order valence-electron chi connectivity index (χ3n) is 7.41. The molecule has 1 unspecified atom stereocenters. The first-order valence-electron chi connectivity index (χ1n) is 13.9. The van der Waals surface area contributed by atoms with Crippen molar-refractivity contribution in [2.24, 2.45) is 0 Å². The highest BCUT2D eigenvalue weighted by Gasteiger charge is 2.31. The van der Waals surface area contributed by atoms with Gasteiger partial charge in [-0.15, -0.1) is 5.10 Å². The molecule has 41 heavy (non-hydrogen) atoms. The summed E-state index contributed by atoms with van der Waals surface area (Å²) in [5, 5.41) is 11.5. The van der Waals surface area contributed by atoms with Crippen LogP contribution in [-0.2, 0) is 26.2 Å². The molecular weight excluding hydrogens is 526 g/mol.